The predicted molar refractivity (Wildman–Crippen MR) is 119 cm³/mol. The standard InChI is InChI=1S/C24H30N4O3/c29-21(25-14-9-17-27-15-6-1-2-7-16-27)18-28-23-20(12-8-13-26-23)31-22(24(28)30)19-10-4-3-5-11-19/h3-5,8,10-13,22H,1-2,6-7,9,14-18H2,(H,25,29). The first-order chi connectivity index (χ1) is 15.2. The molecule has 1 atom stereocenters. The van der Waals surface area contributed by atoms with Gasteiger partial charge in [0, 0.05) is 18.3 Å². The molecule has 1 unspecified atom stereocenters. The minimum atomic E-state index is -0.784. The zero-order chi connectivity index (χ0) is 21.5. The largest absolute Gasteiger partial charge is 0.472 e. The first-order valence-corrected chi connectivity index (χ1v) is 11.2. The minimum absolute atomic E-state index is 0.0702. The van der Waals surface area contributed by atoms with Gasteiger partial charge in [0.2, 0.25) is 12.0 Å². The van der Waals surface area contributed by atoms with E-state index in [2.05, 4.69) is 15.2 Å². The van der Waals surface area contributed by atoms with Gasteiger partial charge in [-0.1, -0.05) is 43.2 Å². The van der Waals surface area contributed by atoms with Crippen LogP contribution in [0.25, 0.3) is 0 Å². The van der Waals surface area contributed by atoms with E-state index in [4.69, 9.17) is 4.74 Å². The third kappa shape index (κ3) is 5.41. The van der Waals surface area contributed by atoms with Gasteiger partial charge in [0.05, 0.1) is 0 Å². The first-order valence-electron chi connectivity index (χ1n) is 11.2. The van der Waals surface area contributed by atoms with Crippen LogP contribution in [0.3, 0.4) is 0 Å². The van der Waals surface area contributed by atoms with Crippen LogP contribution in [0, 0.1) is 0 Å². The van der Waals surface area contributed by atoms with E-state index >= 15 is 0 Å². The van der Waals surface area contributed by atoms with Crippen LogP contribution in [0.1, 0.15) is 43.8 Å². The maximum Gasteiger partial charge on any atom is 0.274 e. The zero-order valence-corrected chi connectivity index (χ0v) is 17.8. The highest BCUT2D eigenvalue weighted by Gasteiger charge is 2.37. The lowest BCUT2D eigenvalue weighted by molar-refractivity contribution is -0.129. The number of carbonyl (C=O) groups is 2. The molecule has 7 heteroatoms. The van der Waals surface area contributed by atoms with Gasteiger partial charge in [-0.25, -0.2) is 4.98 Å². The number of rotatable bonds is 7. The minimum Gasteiger partial charge on any atom is -0.472 e. The highest BCUT2D eigenvalue weighted by atomic mass is 16.5. The van der Waals surface area contributed by atoms with Gasteiger partial charge in [0.1, 0.15) is 6.54 Å². The Bertz CT molecular complexity index is 881. The lowest BCUT2D eigenvalue weighted by Gasteiger charge is -2.33. The Hall–Kier alpha value is -2.93. The lowest BCUT2D eigenvalue weighted by Crippen LogP contribution is -2.47. The number of aromatic nitrogens is 1. The summed E-state index contributed by atoms with van der Waals surface area (Å²) in [6, 6.07) is 12.9. The highest BCUT2D eigenvalue weighted by molar-refractivity contribution is 6.03. The summed E-state index contributed by atoms with van der Waals surface area (Å²) in [6.07, 6.45) is 6.89. The number of hydrogen-bond acceptors (Lipinski definition) is 5. The summed E-state index contributed by atoms with van der Waals surface area (Å²) >= 11 is 0. The zero-order valence-electron chi connectivity index (χ0n) is 17.8. The van der Waals surface area contributed by atoms with Gasteiger partial charge in [0.15, 0.2) is 11.6 Å². The molecule has 0 bridgehead atoms. The first kappa shape index (κ1) is 21.3. The summed E-state index contributed by atoms with van der Waals surface area (Å²) in [5.41, 5.74) is 0.755. The van der Waals surface area contributed by atoms with Gasteiger partial charge >= 0.3 is 0 Å². The van der Waals surface area contributed by atoms with Crippen molar-refractivity contribution in [1.82, 2.24) is 15.2 Å². The highest BCUT2D eigenvalue weighted by Crippen LogP contribution is 2.36. The Morgan fingerprint density at radius 2 is 1.84 bits per heavy atom. The summed E-state index contributed by atoms with van der Waals surface area (Å²) in [5.74, 6) is 0.427. The number of benzene rings is 1. The fourth-order valence-electron chi connectivity index (χ4n) is 4.18. The van der Waals surface area contributed by atoms with Gasteiger partial charge in [0.25, 0.3) is 5.91 Å². The van der Waals surface area contributed by atoms with Gasteiger partial charge < -0.3 is 15.0 Å². The summed E-state index contributed by atoms with van der Waals surface area (Å²) < 4.78 is 5.93. The van der Waals surface area contributed by atoms with Crippen molar-refractivity contribution in [3.63, 3.8) is 0 Å². The number of amides is 2. The summed E-state index contributed by atoms with van der Waals surface area (Å²) in [4.78, 5) is 34.0. The molecule has 2 amide bonds. The maximum absolute atomic E-state index is 13.2. The SMILES string of the molecule is O=C(CN1C(=O)C(c2ccccc2)Oc2cccnc21)NCCCN1CCCCCC1. The quantitative estimate of drug-likeness (QED) is 0.695. The molecule has 4 rings (SSSR count). The van der Waals surface area contributed by atoms with Gasteiger partial charge in [-0.05, 0) is 51.0 Å². The molecule has 2 aliphatic heterocycles. The summed E-state index contributed by atoms with van der Waals surface area (Å²) in [5, 5.41) is 2.96. The van der Waals surface area contributed by atoms with E-state index in [1.807, 2.05) is 30.3 Å². The predicted octanol–water partition coefficient (Wildman–Crippen LogP) is 2.93. The van der Waals surface area contributed by atoms with E-state index in [1.165, 1.54) is 30.6 Å². The second kappa shape index (κ2) is 10.4. The van der Waals surface area contributed by atoms with Crippen LogP contribution in [-0.2, 0) is 9.59 Å². The topological polar surface area (TPSA) is 74.8 Å². The van der Waals surface area contributed by atoms with Gasteiger partial charge in [-0.2, -0.15) is 0 Å². The smallest absolute Gasteiger partial charge is 0.274 e. The molecule has 1 saturated heterocycles. The molecule has 0 aliphatic carbocycles. The number of nitrogens with zero attached hydrogens (tertiary/aromatic N) is 3. The second-order valence-electron chi connectivity index (χ2n) is 8.12. The molecule has 0 radical (unpaired) electrons. The number of likely N-dealkylation sites (tertiary alicyclic amines) is 1. The monoisotopic (exact) mass is 422 g/mol. The molecule has 2 aromatic rings. The van der Waals surface area contributed by atoms with Crippen LogP contribution < -0.4 is 15.0 Å². The van der Waals surface area contributed by atoms with Crippen LogP contribution in [-0.4, -0.2) is 54.4 Å². The van der Waals surface area contributed by atoms with Crippen molar-refractivity contribution < 1.29 is 14.3 Å². The van der Waals surface area contributed by atoms with Crippen molar-refractivity contribution in [2.45, 2.75) is 38.2 Å². The molecule has 164 valence electrons. The molecule has 31 heavy (non-hydrogen) atoms. The molecular formula is C24H30N4O3. The van der Waals surface area contributed by atoms with Crippen molar-refractivity contribution in [2.75, 3.05) is 37.6 Å². The van der Waals surface area contributed by atoms with Crippen molar-refractivity contribution >= 4 is 17.6 Å². The molecule has 0 spiro atoms. The molecule has 2 aliphatic rings. The van der Waals surface area contributed by atoms with Crippen LogP contribution in [0.4, 0.5) is 5.82 Å². The Balaban J connectivity index is 1.35. The number of pyridine rings is 1. The maximum atomic E-state index is 13.2. The average molecular weight is 423 g/mol. The number of anilines is 1. The fraction of sp³-hybridized carbons (Fsp3) is 0.458. The van der Waals surface area contributed by atoms with Crippen molar-refractivity contribution in [2.24, 2.45) is 0 Å². The summed E-state index contributed by atoms with van der Waals surface area (Å²) in [7, 11) is 0. The van der Waals surface area contributed by atoms with Gasteiger partial charge in [-0.3, -0.25) is 14.5 Å². The third-order valence-corrected chi connectivity index (χ3v) is 5.82. The van der Waals surface area contributed by atoms with Crippen molar-refractivity contribution in [3.05, 3.63) is 54.2 Å². The second-order valence-corrected chi connectivity index (χ2v) is 8.12. The van der Waals surface area contributed by atoms with Crippen LogP contribution >= 0.6 is 0 Å². The molecule has 1 aromatic heterocycles. The Labute approximate surface area is 183 Å². The molecule has 1 N–H and O–H groups in total. The number of carbonyl (C=O) groups excluding carboxylic acids is 2. The normalized spacial score (nSPS) is 19.3. The van der Waals surface area contributed by atoms with Crippen LogP contribution in [0.2, 0.25) is 0 Å². The van der Waals surface area contributed by atoms with E-state index < -0.39 is 6.10 Å². The molecule has 0 saturated carbocycles. The Kier molecular flexibility index (Phi) is 7.14. The molecule has 1 fully saturated rings. The number of hydrogen-bond donors (Lipinski definition) is 1. The van der Waals surface area contributed by atoms with Crippen LogP contribution in [0.15, 0.2) is 48.7 Å². The van der Waals surface area contributed by atoms with Crippen molar-refractivity contribution in [1.29, 1.82) is 0 Å². The lowest BCUT2D eigenvalue weighted by atomic mass is 10.1. The average Bonchev–Trinajstić information content (AvgIpc) is 3.08. The number of fused-ring (bicyclic) bond motifs is 1. The summed E-state index contributed by atoms with van der Waals surface area (Å²) in [6.45, 7) is 3.83. The van der Waals surface area contributed by atoms with E-state index in [0.717, 1.165) is 31.6 Å². The van der Waals surface area contributed by atoms with E-state index in [-0.39, 0.29) is 18.4 Å². The van der Waals surface area contributed by atoms with E-state index in [0.29, 0.717) is 18.1 Å². The molecule has 7 nitrogen and oxygen atoms in total. The fourth-order valence-corrected chi connectivity index (χ4v) is 4.18. The number of ether oxygens (including phenoxy) is 1. The number of nitrogens with one attached hydrogen (secondary N) is 1. The van der Waals surface area contributed by atoms with Gasteiger partial charge in [-0.15, -0.1) is 0 Å². The van der Waals surface area contributed by atoms with E-state index in [9.17, 15) is 9.59 Å². The molecular weight excluding hydrogens is 392 g/mol. The van der Waals surface area contributed by atoms with E-state index in [1.54, 1.807) is 18.3 Å². The molecule has 1 aromatic carbocycles. The molecule has 3 heterocycles. The Morgan fingerprint density at radius 3 is 2.61 bits per heavy atom. The third-order valence-electron chi connectivity index (χ3n) is 5.82. The van der Waals surface area contributed by atoms with Crippen molar-refractivity contribution in [3.8, 4) is 5.75 Å². The Morgan fingerprint density at radius 1 is 1.06 bits per heavy atom. The van der Waals surface area contributed by atoms with Crippen LogP contribution in [0.5, 0.6) is 5.75 Å².